The third-order valence-electron chi connectivity index (χ3n) is 11.5. The number of nitrogens with zero attached hydrogens (tertiary/aromatic N) is 4. The number of allylic oxidation sites excluding steroid dienone is 12. The maximum absolute atomic E-state index is 11.8. The van der Waals surface area contributed by atoms with Crippen LogP contribution in [0.2, 0.25) is 0 Å². The maximum Gasteiger partial charge on any atom is 0.329 e. The molecule has 5 aliphatic carbocycles. The van der Waals surface area contributed by atoms with E-state index in [9.17, 15) is 56.5 Å². The second-order valence-corrected chi connectivity index (χ2v) is 27.4. The number of carbonyl (C=O) groups is 3. The van der Waals surface area contributed by atoms with Crippen LogP contribution >= 0.6 is 0 Å². The number of hydrogen-bond donors (Lipinski definition) is 0. The van der Waals surface area contributed by atoms with E-state index < -0.39 is 49.2 Å². The molecule has 0 unspecified atom stereocenters. The maximum atomic E-state index is 11.8. The zero-order valence-electron chi connectivity index (χ0n) is 42.5. The third-order valence-corrected chi connectivity index (χ3v) is 17.2. The van der Waals surface area contributed by atoms with Gasteiger partial charge in [0, 0.05) is 81.4 Å². The van der Waals surface area contributed by atoms with Gasteiger partial charge in [-0.2, -0.15) is 9.58 Å². The Morgan fingerprint density at radius 2 is 0.756 bits per heavy atom. The molecule has 0 amide bonds. The van der Waals surface area contributed by atoms with Crippen LogP contribution in [-0.4, -0.2) is 112 Å². The average Bonchev–Trinajstić information content (AvgIpc) is 3.38. The first kappa shape index (κ1) is 60.4. The average molecular weight is 1150 g/mol. The Labute approximate surface area is 452 Å². The molecule has 4 aromatic rings. The van der Waals surface area contributed by atoms with Crippen LogP contribution in [0.1, 0.15) is 54.1 Å². The van der Waals surface area contributed by atoms with Gasteiger partial charge in [0.2, 0.25) is 0 Å². The fourth-order valence-corrected chi connectivity index (χ4v) is 12.1. The SMILES string of the molecule is C=C1C=C(S(C)(=O)=O)C=CC1=O.C=C1C=C(S(C)(=O)=O)c2ccccc2C1=O.C=C1C=C(S(C)(=O)=O)c2ccccc2C1=[N+]=[N-].C=C1C=Cc2c(cccc2S(C)(=O)=O)C1=O.C=C1C=Cc2c(cccc2S(C)(=O)=O)C1=[N+]=[N-]. The summed E-state index contributed by atoms with van der Waals surface area (Å²) in [6.07, 6.45) is 18.6. The van der Waals surface area contributed by atoms with Crippen LogP contribution in [0.25, 0.3) is 33.0 Å². The van der Waals surface area contributed by atoms with E-state index in [0.29, 0.717) is 72.7 Å². The van der Waals surface area contributed by atoms with Crippen LogP contribution < -0.4 is 0 Å². The number of sulfone groups is 5. The Balaban J connectivity index is 0.000000180. The van der Waals surface area contributed by atoms with Gasteiger partial charge in [0.1, 0.15) is 0 Å². The van der Waals surface area contributed by atoms with Gasteiger partial charge in [-0.3, -0.25) is 14.4 Å². The summed E-state index contributed by atoms with van der Waals surface area (Å²) in [5.41, 5.74) is 24.1. The molecule has 400 valence electrons. The zero-order chi connectivity index (χ0) is 58.5. The van der Waals surface area contributed by atoms with Crippen molar-refractivity contribution >= 4 is 99.9 Å². The van der Waals surface area contributed by atoms with Crippen molar-refractivity contribution in [2.45, 2.75) is 9.79 Å². The van der Waals surface area contributed by atoms with Gasteiger partial charge in [-0.1, -0.05) is 112 Å². The molecule has 0 N–H and O–H groups in total. The van der Waals surface area contributed by atoms with Crippen LogP contribution in [0.5, 0.6) is 0 Å². The predicted octanol–water partition coefficient (Wildman–Crippen LogP) is 7.64. The number of hydrogen-bond acceptors (Lipinski definition) is 13. The number of rotatable bonds is 5. The molecule has 0 saturated carbocycles. The predicted molar refractivity (Wildman–Crippen MR) is 303 cm³/mol. The molecule has 0 saturated heterocycles. The molecule has 0 atom stereocenters. The molecule has 0 spiro atoms. The van der Waals surface area contributed by atoms with Crippen LogP contribution in [-0.2, 0) is 54.0 Å². The van der Waals surface area contributed by atoms with E-state index in [1.807, 2.05) is 0 Å². The third kappa shape index (κ3) is 13.9. The first-order valence-electron chi connectivity index (χ1n) is 22.3. The van der Waals surface area contributed by atoms with Crippen molar-refractivity contribution in [3.05, 3.63) is 249 Å². The molecule has 17 nitrogen and oxygen atoms in total. The Hall–Kier alpha value is -8.46. The number of benzene rings is 4. The van der Waals surface area contributed by atoms with Crippen molar-refractivity contribution in [2.24, 2.45) is 0 Å². The molecule has 22 heteroatoms. The largest absolute Gasteiger partial charge is 0.361 e. The Morgan fingerprint density at radius 3 is 1.22 bits per heavy atom. The number of Topliss-reactive ketones (excluding diaryl/α,β-unsaturated/α-hetero) is 2. The van der Waals surface area contributed by atoms with E-state index in [2.05, 4.69) is 42.5 Å². The molecular formula is C56H48N4O13S5. The normalized spacial score (nSPS) is 15.5. The minimum Gasteiger partial charge on any atom is -0.361 e. The van der Waals surface area contributed by atoms with E-state index in [-0.39, 0.29) is 53.0 Å². The van der Waals surface area contributed by atoms with Crippen molar-refractivity contribution in [3.63, 3.8) is 0 Å². The fraction of sp³-hybridized carbons (Fsp3) is 0.0893. The lowest BCUT2D eigenvalue weighted by Gasteiger charge is -2.16. The highest BCUT2D eigenvalue weighted by atomic mass is 32.2. The Kier molecular flexibility index (Phi) is 18.1. The van der Waals surface area contributed by atoms with E-state index >= 15 is 0 Å². The van der Waals surface area contributed by atoms with Crippen molar-refractivity contribution in [3.8, 4) is 0 Å². The number of ketones is 3. The van der Waals surface area contributed by atoms with Crippen molar-refractivity contribution in [1.82, 2.24) is 0 Å². The van der Waals surface area contributed by atoms with E-state index in [1.54, 1.807) is 97.1 Å². The molecule has 0 bridgehead atoms. The summed E-state index contributed by atoms with van der Waals surface area (Å²) >= 11 is 0. The summed E-state index contributed by atoms with van der Waals surface area (Å²) in [6.45, 7) is 18.0. The first-order chi connectivity index (χ1) is 36.1. The summed E-state index contributed by atoms with van der Waals surface area (Å²) in [6, 6.07) is 23.1. The summed E-state index contributed by atoms with van der Waals surface area (Å²) in [5, 5.41) is 0. The Bertz CT molecular complexity index is 4310. The molecule has 0 aliphatic heterocycles. The van der Waals surface area contributed by atoms with E-state index in [1.165, 1.54) is 42.5 Å². The van der Waals surface area contributed by atoms with Crippen LogP contribution in [0.15, 0.2) is 203 Å². The zero-order valence-corrected chi connectivity index (χ0v) is 46.5. The fourth-order valence-electron chi connectivity index (χ4n) is 7.74. The molecule has 78 heavy (non-hydrogen) atoms. The Morgan fingerprint density at radius 1 is 0.359 bits per heavy atom. The number of carbonyl (C=O) groups excluding carboxylic acids is 3. The second kappa shape index (κ2) is 23.4. The van der Waals surface area contributed by atoms with Gasteiger partial charge in [-0.05, 0) is 60.7 Å². The van der Waals surface area contributed by atoms with Crippen LogP contribution in [0, 0.1) is 0 Å². The highest BCUT2D eigenvalue weighted by Gasteiger charge is 2.31. The second-order valence-electron chi connectivity index (χ2n) is 17.5. The quantitative estimate of drug-likeness (QED) is 0.106. The van der Waals surface area contributed by atoms with Gasteiger partial charge >= 0.3 is 11.4 Å². The molecule has 5 aliphatic rings. The summed E-state index contributed by atoms with van der Waals surface area (Å²) in [7, 11) is -16.5. The van der Waals surface area contributed by atoms with E-state index in [0.717, 1.165) is 31.3 Å². The lowest BCUT2D eigenvalue weighted by molar-refractivity contribution is -0.111. The molecule has 9 rings (SSSR count). The molecule has 0 heterocycles. The van der Waals surface area contributed by atoms with E-state index in [4.69, 9.17) is 11.1 Å². The van der Waals surface area contributed by atoms with Gasteiger partial charge in [0.15, 0.2) is 66.5 Å². The molecule has 0 fully saturated rings. The van der Waals surface area contributed by atoms with Crippen molar-refractivity contribution < 1.29 is 66.1 Å². The summed E-state index contributed by atoms with van der Waals surface area (Å²) in [4.78, 5) is 41.6. The monoisotopic (exact) mass is 1140 g/mol. The van der Waals surface area contributed by atoms with Crippen molar-refractivity contribution in [2.75, 3.05) is 31.3 Å². The van der Waals surface area contributed by atoms with Crippen molar-refractivity contribution in [1.29, 1.82) is 0 Å². The highest BCUT2D eigenvalue weighted by Crippen LogP contribution is 2.34. The van der Waals surface area contributed by atoms with Crippen LogP contribution in [0.4, 0.5) is 0 Å². The topological polar surface area (TPSA) is 295 Å². The minimum absolute atomic E-state index is 0.132. The van der Waals surface area contributed by atoms with Gasteiger partial charge in [-0.25, -0.2) is 42.1 Å². The minimum atomic E-state index is -3.35. The smallest absolute Gasteiger partial charge is 0.329 e. The summed E-state index contributed by atoms with van der Waals surface area (Å²) < 4.78 is 115. The molecule has 0 radical (unpaired) electrons. The van der Waals surface area contributed by atoms with Gasteiger partial charge in [0.05, 0.1) is 46.8 Å². The highest BCUT2D eigenvalue weighted by molar-refractivity contribution is 8.00. The van der Waals surface area contributed by atoms with Gasteiger partial charge in [0.25, 0.3) is 0 Å². The standard InChI is InChI=1S/2C12H10N2O2S.2C12H10O3S.C8H8O3S/c1-8-6-7-9-10(12(8)14-13)4-3-5-11(9)17(2,15)16;1-8-7-11(17(2,15)16)9-5-3-4-6-10(9)12(8)14-13;1-8-6-7-9-10(12(8)13)4-3-5-11(9)16(2,14)15;1-8-7-11(16(2,14)15)9-5-3-4-6-10(9)12(8)13;1-6-5-7(12(2,10)11)3-4-8(6)9/h2*3-7H,1H2,2H3;2*3-7H,1H2,2H3;3-5H,1H2,2H3. The van der Waals surface area contributed by atoms with Gasteiger partial charge < -0.3 is 11.1 Å². The lowest BCUT2D eigenvalue weighted by Crippen LogP contribution is -2.15. The van der Waals surface area contributed by atoms with Gasteiger partial charge in [-0.15, -0.1) is 0 Å². The lowest BCUT2D eigenvalue weighted by atomic mass is 9.92. The first-order valence-corrected chi connectivity index (χ1v) is 31.8. The molecule has 4 aromatic carbocycles. The number of fused-ring (bicyclic) bond motifs is 4. The molecular weight excluding hydrogens is 1100 g/mol. The molecule has 0 aromatic heterocycles. The summed E-state index contributed by atoms with van der Waals surface area (Å²) in [5.74, 6) is -0.687. The van der Waals surface area contributed by atoms with Crippen LogP contribution in [0.3, 0.4) is 0 Å².